The van der Waals surface area contributed by atoms with E-state index in [0.717, 1.165) is 5.56 Å². The number of carbonyl (C=O) groups is 5. The minimum absolute atomic E-state index is 0.0767. The van der Waals surface area contributed by atoms with E-state index in [9.17, 15) is 29.1 Å². The minimum Gasteiger partial charge on any atom is -0.480 e. The van der Waals surface area contributed by atoms with Gasteiger partial charge in [0.15, 0.2) is 0 Å². The number of nitrogens with two attached hydrogens (primary N) is 4. The smallest absolute Gasteiger partial charge is 0.323 e. The van der Waals surface area contributed by atoms with Crippen LogP contribution in [0, 0.1) is 0 Å². The fourth-order valence-corrected chi connectivity index (χ4v) is 4.38. The van der Waals surface area contributed by atoms with Crippen molar-refractivity contribution in [1.82, 2.24) is 15.5 Å². The fourth-order valence-electron chi connectivity index (χ4n) is 4.38. The van der Waals surface area contributed by atoms with E-state index in [2.05, 4.69) is 10.6 Å². The molecule has 1 aromatic carbocycles. The number of carbonyl (C=O) groups excluding carboxylic acids is 4. The van der Waals surface area contributed by atoms with Gasteiger partial charge in [-0.15, -0.1) is 0 Å². The van der Waals surface area contributed by atoms with Gasteiger partial charge in [0.2, 0.25) is 23.6 Å². The Bertz CT molecular complexity index is 998. The number of carboxylic acid groups (broad SMARTS) is 1. The molecule has 1 heterocycles. The van der Waals surface area contributed by atoms with Crippen LogP contribution in [0.15, 0.2) is 30.3 Å². The van der Waals surface area contributed by atoms with E-state index in [-0.39, 0.29) is 57.5 Å². The Kier molecular flexibility index (Phi) is 12.3. The lowest BCUT2D eigenvalue weighted by atomic mass is 9.88. The molecule has 0 spiro atoms. The summed E-state index contributed by atoms with van der Waals surface area (Å²) >= 11 is 0. The molecule has 0 radical (unpaired) electrons. The maximum Gasteiger partial charge on any atom is 0.323 e. The summed E-state index contributed by atoms with van der Waals surface area (Å²) in [5.41, 5.74) is 22.3. The number of carboxylic acids is 1. The molecule has 0 bridgehead atoms. The standard InChI is InChI=1S/C26H41N7O6/c27-13-5-4-8-20(24(37)33-14-11-26(30,12-15-33)25(38)39)32-23(36)19(9-10-21(29)34)31-22(35)18(28)16-17-6-2-1-3-7-17/h1-3,6-7,18-20H,4-5,8-16,27-28,30H2,(H2,29,34)(H,31,35)(H,32,36)(H,38,39). The molecule has 3 unspecified atom stereocenters. The van der Waals surface area contributed by atoms with E-state index in [1.165, 1.54) is 4.90 Å². The zero-order chi connectivity index (χ0) is 29.0. The zero-order valence-corrected chi connectivity index (χ0v) is 22.1. The van der Waals surface area contributed by atoms with Gasteiger partial charge in [0.05, 0.1) is 6.04 Å². The third-order valence-corrected chi connectivity index (χ3v) is 6.90. The van der Waals surface area contributed by atoms with Gasteiger partial charge in [-0.05, 0) is 57.1 Å². The number of hydrogen-bond donors (Lipinski definition) is 7. The molecule has 0 saturated carbocycles. The highest BCUT2D eigenvalue weighted by Gasteiger charge is 2.40. The molecule has 1 saturated heterocycles. The Morgan fingerprint density at radius 3 is 2.13 bits per heavy atom. The molecule has 0 aliphatic carbocycles. The second-order valence-electron chi connectivity index (χ2n) is 9.99. The number of primary amides is 1. The number of piperidine rings is 1. The van der Waals surface area contributed by atoms with Crippen LogP contribution in [0.4, 0.5) is 0 Å². The summed E-state index contributed by atoms with van der Waals surface area (Å²) in [6.45, 7) is 0.658. The minimum atomic E-state index is -1.41. The first-order valence-electron chi connectivity index (χ1n) is 13.2. The summed E-state index contributed by atoms with van der Waals surface area (Å²) in [6, 6.07) is 6.10. The van der Waals surface area contributed by atoms with Crippen LogP contribution in [-0.2, 0) is 30.4 Å². The van der Waals surface area contributed by atoms with Crippen LogP contribution in [0.3, 0.4) is 0 Å². The van der Waals surface area contributed by atoms with Crippen molar-refractivity contribution in [2.75, 3.05) is 19.6 Å². The maximum absolute atomic E-state index is 13.3. The molecule has 39 heavy (non-hydrogen) atoms. The van der Waals surface area contributed by atoms with Crippen molar-refractivity contribution in [3.05, 3.63) is 35.9 Å². The zero-order valence-electron chi connectivity index (χ0n) is 22.1. The number of amides is 4. The highest BCUT2D eigenvalue weighted by atomic mass is 16.4. The van der Waals surface area contributed by atoms with E-state index in [1.807, 2.05) is 30.3 Å². The van der Waals surface area contributed by atoms with Crippen molar-refractivity contribution in [1.29, 1.82) is 0 Å². The second kappa shape index (κ2) is 15.1. The van der Waals surface area contributed by atoms with Crippen LogP contribution in [0.25, 0.3) is 0 Å². The van der Waals surface area contributed by atoms with E-state index in [4.69, 9.17) is 22.9 Å². The van der Waals surface area contributed by atoms with Gasteiger partial charge >= 0.3 is 5.97 Å². The number of nitrogens with one attached hydrogen (secondary N) is 2. The maximum atomic E-state index is 13.3. The number of benzene rings is 1. The quantitative estimate of drug-likeness (QED) is 0.124. The highest BCUT2D eigenvalue weighted by Crippen LogP contribution is 2.21. The predicted octanol–water partition coefficient (Wildman–Crippen LogP) is -1.67. The van der Waals surface area contributed by atoms with Crippen LogP contribution >= 0.6 is 0 Å². The Morgan fingerprint density at radius 1 is 0.949 bits per heavy atom. The number of nitrogens with zero attached hydrogens (tertiary/aromatic N) is 1. The number of unbranched alkanes of at least 4 members (excludes halogenated alkanes) is 1. The molecule has 13 heteroatoms. The van der Waals surface area contributed by atoms with Crippen LogP contribution < -0.4 is 33.6 Å². The van der Waals surface area contributed by atoms with Crippen LogP contribution in [0.5, 0.6) is 0 Å². The Hall–Kier alpha value is -3.55. The number of rotatable bonds is 15. The monoisotopic (exact) mass is 547 g/mol. The number of likely N-dealkylation sites (tertiary alicyclic amines) is 1. The second-order valence-corrected chi connectivity index (χ2v) is 9.99. The Morgan fingerprint density at radius 2 is 1.56 bits per heavy atom. The molecule has 4 amide bonds. The van der Waals surface area contributed by atoms with E-state index in [0.29, 0.717) is 19.4 Å². The van der Waals surface area contributed by atoms with E-state index >= 15 is 0 Å². The molecule has 1 aliphatic rings. The molecular formula is C26H41N7O6. The summed E-state index contributed by atoms with van der Waals surface area (Å²) in [7, 11) is 0. The largest absolute Gasteiger partial charge is 0.480 e. The van der Waals surface area contributed by atoms with Gasteiger partial charge in [0.25, 0.3) is 0 Å². The topological polar surface area (TPSA) is 237 Å². The lowest BCUT2D eigenvalue weighted by Gasteiger charge is -2.38. The summed E-state index contributed by atoms with van der Waals surface area (Å²) in [6.07, 6.45) is 1.62. The molecule has 2 rings (SSSR count). The fraction of sp³-hybridized carbons (Fsp3) is 0.577. The predicted molar refractivity (Wildman–Crippen MR) is 144 cm³/mol. The van der Waals surface area contributed by atoms with E-state index < -0.39 is 47.4 Å². The molecule has 3 atom stereocenters. The SMILES string of the molecule is NCCCCC(NC(=O)C(CCC(N)=O)NC(=O)C(N)Cc1ccccc1)C(=O)N1CCC(N)(C(=O)O)CC1. The highest BCUT2D eigenvalue weighted by molar-refractivity contribution is 5.93. The van der Waals surface area contributed by atoms with Gasteiger partial charge in [-0.2, -0.15) is 0 Å². The van der Waals surface area contributed by atoms with Crippen molar-refractivity contribution in [3.63, 3.8) is 0 Å². The van der Waals surface area contributed by atoms with Crippen molar-refractivity contribution in [2.45, 2.75) is 75.0 Å². The summed E-state index contributed by atoms with van der Waals surface area (Å²) in [4.78, 5) is 63.8. The summed E-state index contributed by atoms with van der Waals surface area (Å²) in [5.74, 6) is -3.39. The average Bonchev–Trinajstić information content (AvgIpc) is 2.90. The summed E-state index contributed by atoms with van der Waals surface area (Å²) in [5, 5.41) is 14.7. The van der Waals surface area contributed by atoms with Crippen LogP contribution in [0.1, 0.15) is 50.5 Å². The van der Waals surface area contributed by atoms with Crippen LogP contribution in [-0.4, -0.2) is 82.9 Å². The van der Waals surface area contributed by atoms with E-state index in [1.54, 1.807) is 0 Å². The molecule has 1 fully saturated rings. The van der Waals surface area contributed by atoms with Crippen molar-refractivity contribution in [3.8, 4) is 0 Å². The third-order valence-electron chi connectivity index (χ3n) is 6.90. The first-order valence-corrected chi connectivity index (χ1v) is 13.2. The third kappa shape index (κ3) is 9.93. The molecule has 216 valence electrons. The molecule has 11 N–H and O–H groups in total. The Balaban J connectivity index is 2.11. The van der Waals surface area contributed by atoms with Gasteiger partial charge in [-0.25, -0.2) is 0 Å². The first-order chi connectivity index (χ1) is 18.5. The Labute approximate surface area is 228 Å². The normalized spacial score (nSPS) is 16.9. The van der Waals surface area contributed by atoms with Gasteiger partial charge in [-0.3, -0.25) is 24.0 Å². The number of hydrogen-bond acceptors (Lipinski definition) is 8. The lowest BCUT2D eigenvalue weighted by molar-refractivity contribution is -0.148. The molecule has 1 aliphatic heterocycles. The average molecular weight is 548 g/mol. The van der Waals surface area contributed by atoms with Crippen molar-refractivity contribution >= 4 is 29.6 Å². The molecule has 13 nitrogen and oxygen atoms in total. The lowest BCUT2D eigenvalue weighted by Crippen LogP contribution is -2.60. The van der Waals surface area contributed by atoms with Gasteiger partial charge < -0.3 is 43.6 Å². The van der Waals surface area contributed by atoms with Crippen molar-refractivity contribution in [2.24, 2.45) is 22.9 Å². The van der Waals surface area contributed by atoms with Gasteiger partial charge in [-0.1, -0.05) is 30.3 Å². The molecular weight excluding hydrogens is 506 g/mol. The van der Waals surface area contributed by atoms with Gasteiger partial charge in [0, 0.05) is 19.5 Å². The van der Waals surface area contributed by atoms with Gasteiger partial charge in [0.1, 0.15) is 17.6 Å². The molecule has 1 aromatic rings. The number of aliphatic carboxylic acids is 1. The van der Waals surface area contributed by atoms with Crippen molar-refractivity contribution < 1.29 is 29.1 Å². The first kappa shape index (κ1) is 31.7. The van der Waals surface area contributed by atoms with Crippen LogP contribution in [0.2, 0.25) is 0 Å². The molecule has 0 aromatic heterocycles. The summed E-state index contributed by atoms with van der Waals surface area (Å²) < 4.78 is 0.